The number of para-hydroxylation sites is 3. The van der Waals surface area contributed by atoms with Crippen LogP contribution in [0.4, 0.5) is 17.1 Å². The van der Waals surface area contributed by atoms with Gasteiger partial charge in [0.05, 0.1) is 16.7 Å². The van der Waals surface area contributed by atoms with Crippen molar-refractivity contribution in [1.82, 2.24) is 0 Å². The first kappa shape index (κ1) is 22.7. The molecule has 1 heterocycles. The molecule has 0 bridgehead atoms. The predicted octanol–water partition coefficient (Wildman–Crippen LogP) is 14.4. The fourth-order valence-electron chi connectivity index (χ4n) is 7.20. The van der Waals surface area contributed by atoms with Crippen LogP contribution in [0.1, 0.15) is 11.0 Å². The molecule has 52 heavy (non-hydrogen) atoms. The molecule has 0 aliphatic heterocycles. The van der Waals surface area contributed by atoms with Crippen LogP contribution in [-0.4, -0.2) is 0 Å². The average molecular weight is 672 g/mol. The van der Waals surface area contributed by atoms with Gasteiger partial charge in [-0.2, -0.15) is 0 Å². The van der Waals surface area contributed by atoms with E-state index in [1.807, 2.05) is 127 Å². The van der Waals surface area contributed by atoms with Gasteiger partial charge in [-0.3, -0.25) is 0 Å². The van der Waals surface area contributed by atoms with Gasteiger partial charge in [0.25, 0.3) is 0 Å². The van der Waals surface area contributed by atoms with Crippen molar-refractivity contribution in [2.24, 2.45) is 0 Å². The minimum absolute atomic E-state index is 0.108. The first-order valence-electron chi connectivity index (χ1n) is 21.1. The molecule has 10 rings (SSSR count). The van der Waals surface area contributed by atoms with Gasteiger partial charge in [-0.05, 0) is 80.1 Å². The lowest BCUT2D eigenvalue weighted by atomic mass is 9.96. The van der Waals surface area contributed by atoms with E-state index in [1.54, 1.807) is 24.3 Å². The number of benzene rings is 9. The summed E-state index contributed by atoms with van der Waals surface area (Å²) >= 11 is 0. The van der Waals surface area contributed by atoms with Gasteiger partial charge in [-0.25, -0.2) is 0 Å². The maximum Gasteiger partial charge on any atom is 0.143 e. The summed E-state index contributed by atoms with van der Waals surface area (Å²) in [5.41, 5.74) is 3.59. The van der Waals surface area contributed by atoms with Gasteiger partial charge in [0.1, 0.15) is 11.2 Å². The summed E-state index contributed by atoms with van der Waals surface area (Å²) in [7, 11) is 0. The van der Waals surface area contributed by atoms with E-state index in [9.17, 15) is 11.0 Å². The Balaban J connectivity index is 1.29. The first-order chi connectivity index (χ1) is 29.2. The maximum atomic E-state index is 9.69. The largest absolute Gasteiger partial charge is 0.455 e. The quantitative estimate of drug-likeness (QED) is 0.175. The lowest BCUT2D eigenvalue weighted by molar-refractivity contribution is 0.670. The summed E-state index contributed by atoms with van der Waals surface area (Å²) in [6.07, 6.45) is 0. The first-order valence-corrected chi connectivity index (χ1v) is 17.1. The molecule has 244 valence electrons. The molecule has 0 unspecified atom stereocenters. The molecule has 0 saturated heterocycles. The predicted molar refractivity (Wildman–Crippen MR) is 220 cm³/mol. The van der Waals surface area contributed by atoms with Crippen LogP contribution in [0, 0.1) is 0 Å². The highest BCUT2D eigenvalue weighted by Crippen LogP contribution is 2.45. The zero-order valence-corrected chi connectivity index (χ0v) is 27.8. The zero-order valence-electron chi connectivity index (χ0n) is 35.8. The Kier molecular flexibility index (Phi) is 5.45. The number of furan rings is 1. The molecule has 10 aromatic rings. The molecule has 0 spiro atoms. The Hall–Kier alpha value is -6.90. The minimum atomic E-state index is -0.411. The van der Waals surface area contributed by atoms with Gasteiger partial charge in [-0.1, -0.05) is 164 Å². The topological polar surface area (TPSA) is 16.4 Å². The summed E-state index contributed by atoms with van der Waals surface area (Å²) in [4.78, 5) is 1.37. The molecule has 0 aliphatic carbocycles. The van der Waals surface area contributed by atoms with E-state index in [-0.39, 0.29) is 46.7 Å². The van der Waals surface area contributed by atoms with Crippen molar-refractivity contribution >= 4 is 60.5 Å². The highest BCUT2D eigenvalue weighted by Gasteiger charge is 2.20. The van der Waals surface area contributed by atoms with Crippen LogP contribution in [0.5, 0.6) is 0 Å². The van der Waals surface area contributed by atoms with Crippen molar-refractivity contribution in [3.8, 4) is 33.4 Å². The Bertz CT molecular complexity index is 3180. The fraction of sp³-hybridized carbons (Fsp3) is 0. The van der Waals surface area contributed by atoms with Gasteiger partial charge in [0.2, 0.25) is 0 Å². The molecule has 0 saturated carbocycles. The number of hydrogen-bond donors (Lipinski definition) is 0. The SMILES string of the molecule is [2H]c1c([2H])c(N(c2ccccc2-c2cccc3c2oc2ccccc23)c2c([2H])c([2H])c(-c3cccc4ccccc34)c([2H])c2[2H])c([2H])c([2H])c1-c1cccc2ccccc12. The van der Waals surface area contributed by atoms with Gasteiger partial charge in [0, 0.05) is 33.3 Å². The van der Waals surface area contributed by atoms with Gasteiger partial charge in [0.15, 0.2) is 0 Å². The van der Waals surface area contributed by atoms with Crippen molar-refractivity contribution in [3.05, 3.63) is 200 Å². The van der Waals surface area contributed by atoms with Crippen molar-refractivity contribution in [3.63, 3.8) is 0 Å². The van der Waals surface area contributed by atoms with E-state index in [1.165, 1.54) is 4.90 Å². The van der Waals surface area contributed by atoms with E-state index >= 15 is 0 Å². The third-order valence-electron chi connectivity index (χ3n) is 9.63. The molecule has 0 aliphatic rings. The molecule has 0 radical (unpaired) electrons. The van der Waals surface area contributed by atoms with Crippen LogP contribution in [0.2, 0.25) is 0 Å². The fourth-order valence-corrected chi connectivity index (χ4v) is 7.20. The average Bonchev–Trinajstić information content (AvgIpc) is 3.67. The van der Waals surface area contributed by atoms with Gasteiger partial charge >= 0.3 is 0 Å². The van der Waals surface area contributed by atoms with Crippen molar-refractivity contribution < 1.29 is 15.4 Å². The number of anilines is 3. The normalized spacial score (nSPS) is 13.6. The standard InChI is InChI=1S/C50H33NO/c1-3-16-40-34(12-1)14-9-20-42(40)36-26-30-38(31-27-36)51(39-32-28-37(29-33-39)43-21-10-15-35-13-2-4-17-41(35)43)48-24-7-5-18-44(48)46-22-11-23-47-45-19-6-8-25-49(45)52-50(46)47/h1-33H/i26D,27D,28D,29D,30D,31D,32D,33D. The van der Waals surface area contributed by atoms with E-state index in [0.717, 1.165) is 32.3 Å². The highest BCUT2D eigenvalue weighted by atomic mass is 16.3. The molecule has 0 amide bonds. The van der Waals surface area contributed by atoms with E-state index in [2.05, 4.69) is 0 Å². The van der Waals surface area contributed by atoms with Crippen LogP contribution < -0.4 is 4.90 Å². The maximum absolute atomic E-state index is 9.69. The smallest absolute Gasteiger partial charge is 0.143 e. The molecule has 9 aromatic carbocycles. The Morgan fingerprint density at radius 2 is 0.808 bits per heavy atom. The lowest BCUT2D eigenvalue weighted by Gasteiger charge is -2.28. The molecule has 0 fully saturated rings. The number of nitrogens with zero attached hydrogens (tertiary/aromatic N) is 1. The van der Waals surface area contributed by atoms with E-state index in [4.69, 9.17) is 4.42 Å². The van der Waals surface area contributed by atoms with Gasteiger partial charge in [-0.15, -0.1) is 0 Å². The molecule has 0 atom stereocenters. The van der Waals surface area contributed by atoms with Crippen LogP contribution in [0.25, 0.3) is 76.9 Å². The Morgan fingerprint density at radius 1 is 0.365 bits per heavy atom. The summed E-state index contributed by atoms with van der Waals surface area (Å²) < 4.78 is 83.2. The van der Waals surface area contributed by atoms with Crippen molar-refractivity contribution in [2.45, 2.75) is 0 Å². The molecule has 2 nitrogen and oxygen atoms in total. The third kappa shape index (κ3) is 5.04. The van der Waals surface area contributed by atoms with Crippen molar-refractivity contribution in [2.75, 3.05) is 4.90 Å². The molecule has 1 aromatic heterocycles. The van der Waals surface area contributed by atoms with E-state index in [0.29, 0.717) is 39.1 Å². The minimum Gasteiger partial charge on any atom is -0.455 e. The molecular formula is C50H33NO. The zero-order chi connectivity index (χ0) is 41.4. The summed E-state index contributed by atoms with van der Waals surface area (Å²) in [6, 6.07) is 43.9. The Morgan fingerprint density at radius 3 is 1.44 bits per heavy atom. The van der Waals surface area contributed by atoms with Gasteiger partial charge < -0.3 is 9.32 Å². The summed E-state index contributed by atoms with van der Waals surface area (Å²) in [5, 5.41) is 5.05. The number of hydrogen-bond acceptors (Lipinski definition) is 2. The third-order valence-corrected chi connectivity index (χ3v) is 9.63. The number of rotatable bonds is 6. The molecular weight excluding hydrogens is 631 g/mol. The second kappa shape index (κ2) is 12.5. The second-order valence-corrected chi connectivity index (χ2v) is 12.6. The van der Waals surface area contributed by atoms with Crippen LogP contribution in [-0.2, 0) is 0 Å². The molecule has 0 N–H and O–H groups in total. The lowest BCUT2D eigenvalue weighted by Crippen LogP contribution is -2.11. The summed E-state index contributed by atoms with van der Waals surface area (Å²) in [6.45, 7) is 0. The van der Waals surface area contributed by atoms with Crippen LogP contribution in [0.15, 0.2) is 204 Å². The van der Waals surface area contributed by atoms with Crippen LogP contribution >= 0.6 is 0 Å². The van der Waals surface area contributed by atoms with Crippen molar-refractivity contribution in [1.29, 1.82) is 0 Å². The highest BCUT2D eigenvalue weighted by molar-refractivity contribution is 6.11. The second-order valence-electron chi connectivity index (χ2n) is 12.6. The number of fused-ring (bicyclic) bond motifs is 5. The molecule has 2 heteroatoms. The Labute approximate surface area is 313 Å². The monoisotopic (exact) mass is 671 g/mol. The van der Waals surface area contributed by atoms with Crippen LogP contribution in [0.3, 0.4) is 0 Å². The van der Waals surface area contributed by atoms with E-state index < -0.39 is 24.2 Å². The summed E-state index contributed by atoms with van der Waals surface area (Å²) in [5.74, 6) is 0.